The molecule has 1 aromatic carbocycles. The van der Waals surface area contributed by atoms with Gasteiger partial charge in [0.2, 0.25) is 0 Å². The molecule has 1 aromatic rings. The fourth-order valence-corrected chi connectivity index (χ4v) is 5.24. The number of hydrogen-bond acceptors (Lipinski definition) is 3. The van der Waals surface area contributed by atoms with E-state index in [1.54, 1.807) is 0 Å². The van der Waals surface area contributed by atoms with E-state index in [2.05, 4.69) is 34.5 Å². The summed E-state index contributed by atoms with van der Waals surface area (Å²) in [4.78, 5) is 2.70. The predicted octanol–water partition coefficient (Wildman–Crippen LogP) is 4.06. The Morgan fingerprint density at radius 1 is 0.923 bits per heavy atom. The Bertz CT molecular complexity index is 540. The first kappa shape index (κ1) is 18.5. The first-order valence-corrected chi connectivity index (χ1v) is 11.0. The third kappa shape index (κ3) is 4.32. The molecule has 3 nitrogen and oxygen atoms in total. The highest BCUT2D eigenvalue weighted by Crippen LogP contribution is 2.35. The smallest absolute Gasteiger partial charge is 0.0502 e. The van der Waals surface area contributed by atoms with Crippen LogP contribution < -0.4 is 5.32 Å². The highest BCUT2D eigenvalue weighted by atomic mass is 16.3. The second kappa shape index (κ2) is 8.86. The first-order valence-electron chi connectivity index (χ1n) is 11.0. The molecule has 26 heavy (non-hydrogen) atoms. The van der Waals surface area contributed by atoms with Crippen molar-refractivity contribution in [2.75, 3.05) is 19.7 Å². The highest BCUT2D eigenvalue weighted by molar-refractivity contribution is 5.26. The molecule has 0 aromatic heterocycles. The van der Waals surface area contributed by atoms with E-state index in [4.69, 9.17) is 0 Å². The van der Waals surface area contributed by atoms with Crippen molar-refractivity contribution < 1.29 is 5.11 Å². The van der Waals surface area contributed by atoms with Crippen LogP contribution in [0.4, 0.5) is 0 Å². The number of benzene rings is 1. The Morgan fingerprint density at radius 2 is 1.62 bits per heavy atom. The summed E-state index contributed by atoms with van der Waals surface area (Å²) >= 11 is 0. The molecule has 0 spiro atoms. The number of nitrogens with one attached hydrogen (secondary N) is 1. The van der Waals surface area contributed by atoms with Gasteiger partial charge in [-0.05, 0) is 68.7 Å². The molecule has 3 aliphatic rings. The van der Waals surface area contributed by atoms with E-state index in [1.165, 1.54) is 82.0 Å². The van der Waals surface area contributed by atoms with E-state index in [1.807, 2.05) is 0 Å². The topological polar surface area (TPSA) is 35.5 Å². The van der Waals surface area contributed by atoms with E-state index in [0.29, 0.717) is 11.8 Å². The Hall–Kier alpha value is -0.900. The van der Waals surface area contributed by atoms with Crippen LogP contribution in [0.5, 0.6) is 0 Å². The Labute approximate surface area is 159 Å². The third-order valence-corrected chi connectivity index (χ3v) is 7.29. The quantitative estimate of drug-likeness (QED) is 0.773. The third-order valence-electron chi connectivity index (χ3n) is 7.29. The summed E-state index contributed by atoms with van der Waals surface area (Å²) < 4.78 is 0. The summed E-state index contributed by atoms with van der Waals surface area (Å²) in [6.07, 6.45) is 12.2. The second-order valence-electron chi connectivity index (χ2n) is 8.85. The van der Waals surface area contributed by atoms with Crippen LogP contribution in [0, 0.1) is 5.92 Å². The summed E-state index contributed by atoms with van der Waals surface area (Å²) in [5, 5.41) is 13.7. The Kier molecular flexibility index (Phi) is 6.29. The van der Waals surface area contributed by atoms with Crippen molar-refractivity contribution >= 4 is 0 Å². The monoisotopic (exact) mass is 356 g/mol. The molecule has 2 aliphatic carbocycles. The molecule has 0 radical (unpaired) electrons. The molecule has 1 atom stereocenters. The summed E-state index contributed by atoms with van der Waals surface area (Å²) in [6.45, 7) is 3.73. The molecule has 1 saturated heterocycles. The van der Waals surface area contributed by atoms with Gasteiger partial charge in [0.05, 0.1) is 6.61 Å². The first-order chi connectivity index (χ1) is 12.8. The summed E-state index contributed by atoms with van der Waals surface area (Å²) in [5.74, 6) is 0.953. The van der Waals surface area contributed by atoms with Gasteiger partial charge in [-0.1, -0.05) is 43.5 Å². The maximum atomic E-state index is 10.1. The standard InChI is InChI=1S/C23H36N2O/c26-17-23(20-12-14-25(15-13-20)22-6-3-7-22)19-10-8-18(9-11-19)16-24-21-4-1-2-5-21/h8-11,20-24,26H,1-7,12-17H2. The molecule has 4 rings (SSSR count). The maximum Gasteiger partial charge on any atom is 0.0502 e. The highest BCUT2D eigenvalue weighted by Gasteiger charge is 2.32. The van der Waals surface area contributed by atoms with Crippen molar-refractivity contribution in [3.8, 4) is 0 Å². The van der Waals surface area contributed by atoms with Gasteiger partial charge in [-0.15, -0.1) is 0 Å². The number of piperidine rings is 1. The number of aliphatic hydroxyl groups excluding tert-OH is 1. The molecule has 0 bridgehead atoms. The van der Waals surface area contributed by atoms with E-state index in [0.717, 1.165) is 18.6 Å². The molecule has 3 fully saturated rings. The zero-order valence-corrected chi connectivity index (χ0v) is 16.2. The van der Waals surface area contributed by atoms with Gasteiger partial charge in [-0.3, -0.25) is 0 Å². The zero-order chi connectivity index (χ0) is 17.8. The lowest BCUT2D eigenvalue weighted by Gasteiger charge is -2.43. The normalized spacial score (nSPS) is 24.7. The van der Waals surface area contributed by atoms with Crippen molar-refractivity contribution in [2.45, 2.75) is 82.3 Å². The second-order valence-corrected chi connectivity index (χ2v) is 8.85. The van der Waals surface area contributed by atoms with Crippen LogP contribution in [-0.4, -0.2) is 41.8 Å². The number of rotatable bonds is 7. The van der Waals surface area contributed by atoms with Crippen molar-refractivity contribution in [3.05, 3.63) is 35.4 Å². The van der Waals surface area contributed by atoms with Gasteiger partial charge in [0.1, 0.15) is 0 Å². The predicted molar refractivity (Wildman–Crippen MR) is 107 cm³/mol. The average Bonchev–Trinajstić information content (AvgIpc) is 3.15. The molecule has 0 amide bonds. The number of likely N-dealkylation sites (tertiary alicyclic amines) is 1. The summed E-state index contributed by atoms with van der Waals surface area (Å²) in [6, 6.07) is 10.7. The van der Waals surface area contributed by atoms with Gasteiger partial charge in [0.25, 0.3) is 0 Å². The van der Waals surface area contributed by atoms with Crippen LogP contribution in [-0.2, 0) is 6.54 Å². The van der Waals surface area contributed by atoms with Crippen LogP contribution in [0.3, 0.4) is 0 Å². The maximum absolute atomic E-state index is 10.1. The molecular weight excluding hydrogens is 320 g/mol. The van der Waals surface area contributed by atoms with Gasteiger partial charge in [-0.25, -0.2) is 0 Å². The largest absolute Gasteiger partial charge is 0.396 e. The van der Waals surface area contributed by atoms with Gasteiger partial charge < -0.3 is 15.3 Å². The van der Waals surface area contributed by atoms with Crippen molar-refractivity contribution in [1.29, 1.82) is 0 Å². The number of aliphatic hydroxyl groups is 1. The Balaban J connectivity index is 1.29. The van der Waals surface area contributed by atoms with Crippen LogP contribution >= 0.6 is 0 Å². The molecule has 3 heteroatoms. The van der Waals surface area contributed by atoms with Gasteiger partial charge in [0.15, 0.2) is 0 Å². The van der Waals surface area contributed by atoms with Crippen molar-refractivity contribution in [2.24, 2.45) is 5.92 Å². The van der Waals surface area contributed by atoms with Crippen LogP contribution in [0.2, 0.25) is 0 Å². The van der Waals surface area contributed by atoms with E-state index >= 15 is 0 Å². The molecular formula is C23H36N2O. The number of nitrogens with zero attached hydrogens (tertiary/aromatic N) is 1. The van der Waals surface area contributed by atoms with E-state index in [9.17, 15) is 5.11 Å². The minimum absolute atomic E-state index is 0.285. The molecule has 1 unspecified atom stereocenters. The molecule has 1 aliphatic heterocycles. The van der Waals surface area contributed by atoms with Gasteiger partial charge >= 0.3 is 0 Å². The van der Waals surface area contributed by atoms with Crippen LogP contribution in [0.25, 0.3) is 0 Å². The summed E-state index contributed by atoms with van der Waals surface area (Å²) in [7, 11) is 0. The molecule has 2 saturated carbocycles. The molecule has 144 valence electrons. The lowest BCUT2D eigenvalue weighted by molar-refractivity contribution is 0.0704. The molecule has 2 N–H and O–H groups in total. The average molecular weight is 357 g/mol. The van der Waals surface area contributed by atoms with Gasteiger partial charge in [-0.2, -0.15) is 0 Å². The minimum Gasteiger partial charge on any atom is -0.396 e. The van der Waals surface area contributed by atoms with Crippen molar-refractivity contribution in [1.82, 2.24) is 10.2 Å². The SMILES string of the molecule is OCC(c1ccc(CNC2CCCC2)cc1)C1CCN(C2CCC2)CC1. The lowest BCUT2D eigenvalue weighted by atomic mass is 9.79. The van der Waals surface area contributed by atoms with Crippen LogP contribution in [0.1, 0.15) is 74.8 Å². The lowest BCUT2D eigenvalue weighted by Crippen LogP contribution is -2.45. The van der Waals surface area contributed by atoms with E-state index in [-0.39, 0.29) is 6.61 Å². The minimum atomic E-state index is 0.285. The van der Waals surface area contributed by atoms with Crippen LogP contribution in [0.15, 0.2) is 24.3 Å². The van der Waals surface area contributed by atoms with Gasteiger partial charge in [0, 0.05) is 24.5 Å². The number of hydrogen-bond donors (Lipinski definition) is 2. The Morgan fingerprint density at radius 3 is 2.19 bits per heavy atom. The summed E-state index contributed by atoms with van der Waals surface area (Å²) in [5.41, 5.74) is 2.70. The molecule has 1 heterocycles. The fraction of sp³-hybridized carbons (Fsp3) is 0.739. The fourth-order valence-electron chi connectivity index (χ4n) is 5.24. The van der Waals surface area contributed by atoms with E-state index < -0.39 is 0 Å². The van der Waals surface area contributed by atoms with Crippen molar-refractivity contribution in [3.63, 3.8) is 0 Å². The zero-order valence-electron chi connectivity index (χ0n) is 16.2.